The van der Waals surface area contributed by atoms with Gasteiger partial charge in [-0.05, 0) is 48.2 Å². The highest BCUT2D eigenvalue weighted by molar-refractivity contribution is 8.00. The van der Waals surface area contributed by atoms with Crippen LogP contribution >= 0.6 is 23.1 Å². The number of nitro benzene ring substituents is 1. The summed E-state index contributed by atoms with van der Waals surface area (Å²) >= 11 is 3.36. The molecule has 3 aromatic carbocycles. The minimum atomic E-state index is -0.493. The number of aromatic hydroxyl groups is 1. The molecule has 0 bridgehead atoms. The van der Waals surface area contributed by atoms with Gasteiger partial charge in [0, 0.05) is 29.7 Å². The molecule has 1 N–H and O–H groups in total. The maximum atomic E-state index is 11.0. The Bertz CT molecular complexity index is 1430. The van der Waals surface area contributed by atoms with E-state index in [0.29, 0.717) is 11.3 Å². The van der Waals surface area contributed by atoms with Crippen molar-refractivity contribution in [3.63, 3.8) is 0 Å². The van der Waals surface area contributed by atoms with Crippen LogP contribution in [-0.4, -0.2) is 21.2 Å². The van der Waals surface area contributed by atoms with E-state index in [0.717, 1.165) is 26.7 Å². The lowest BCUT2D eigenvalue weighted by Gasteiger charge is -2.05. The first-order chi connectivity index (χ1) is 20.0. The molecule has 1 heterocycles. The summed E-state index contributed by atoms with van der Waals surface area (Å²) in [7, 11) is 0. The van der Waals surface area contributed by atoms with E-state index >= 15 is 0 Å². The van der Waals surface area contributed by atoms with Crippen molar-refractivity contribution in [1.82, 2.24) is 4.98 Å². The van der Waals surface area contributed by atoms with Crippen LogP contribution in [0.2, 0.25) is 0 Å². The van der Waals surface area contributed by atoms with E-state index < -0.39 is 4.92 Å². The fraction of sp³-hybridized carbons (Fsp3) is 0.394. The van der Waals surface area contributed by atoms with Crippen molar-refractivity contribution in [3.8, 4) is 5.75 Å². The molecule has 0 unspecified atom stereocenters. The molecular formula is C33H39N3O3S2. The lowest BCUT2D eigenvalue weighted by Crippen LogP contribution is -1.90. The third kappa shape index (κ3) is 9.97. The van der Waals surface area contributed by atoms with Gasteiger partial charge in [-0.15, -0.1) is 11.3 Å². The number of phenols is 1. The lowest BCUT2D eigenvalue weighted by molar-refractivity contribution is -0.384. The van der Waals surface area contributed by atoms with Crippen LogP contribution in [-0.2, 0) is 12.2 Å². The molecular weight excluding hydrogens is 551 g/mol. The predicted molar refractivity (Wildman–Crippen MR) is 173 cm³/mol. The van der Waals surface area contributed by atoms with Crippen LogP contribution in [0.5, 0.6) is 5.75 Å². The van der Waals surface area contributed by atoms with E-state index in [9.17, 15) is 15.2 Å². The Morgan fingerprint density at radius 3 is 2.29 bits per heavy atom. The number of nitro groups is 1. The highest BCUT2D eigenvalue weighted by Gasteiger charge is 2.10. The van der Waals surface area contributed by atoms with Crippen molar-refractivity contribution in [2.24, 2.45) is 4.99 Å². The van der Waals surface area contributed by atoms with Crippen LogP contribution in [0.1, 0.15) is 87.8 Å². The Kier molecular flexibility index (Phi) is 12.2. The molecule has 0 aliphatic rings. The highest BCUT2D eigenvalue weighted by Crippen LogP contribution is 2.34. The number of phenolic OH excluding ortho intramolecular Hbond substituents is 1. The molecule has 0 spiro atoms. The van der Waals surface area contributed by atoms with Crippen LogP contribution in [0.15, 0.2) is 70.0 Å². The molecule has 0 aliphatic heterocycles. The summed E-state index contributed by atoms with van der Waals surface area (Å²) in [6.07, 6.45) is 16.3. The van der Waals surface area contributed by atoms with Gasteiger partial charge < -0.3 is 5.11 Å². The Morgan fingerprint density at radius 1 is 0.902 bits per heavy atom. The Balaban J connectivity index is 1.21. The zero-order valence-corrected chi connectivity index (χ0v) is 25.4. The number of fused-ring (bicyclic) bond motifs is 1. The topological polar surface area (TPSA) is 88.6 Å². The van der Waals surface area contributed by atoms with Gasteiger partial charge in [0.15, 0.2) is 4.34 Å². The molecule has 4 aromatic rings. The van der Waals surface area contributed by atoms with Gasteiger partial charge in [-0.1, -0.05) is 101 Å². The summed E-state index contributed by atoms with van der Waals surface area (Å²) in [5.74, 6) is 0.818. The Labute approximate surface area is 251 Å². The molecule has 0 aliphatic carbocycles. The second kappa shape index (κ2) is 16.3. The van der Waals surface area contributed by atoms with E-state index in [2.05, 4.69) is 36.2 Å². The van der Waals surface area contributed by atoms with E-state index in [-0.39, 0.29) is 11.4 Å². The number of aliphatic imine (C=N–C) groups is 1. The molecule has 1 aromatic heterocycles. The van der Waals surface area contributed by atoms with Crippen LogP contribution in [0.25, 0.3) is 10.2 Å². The first-order valence-corrected chi connectivity index (χ1v) is 16.4. The number of aryl methyl sites for hydroxylation is 1. The summed E-state index contributed by atoms with van der Waals surface area (Å²) in [5, 5.41) is 21.0. The van der Waals surface area contributed by atoms with Gasteiger partial charge >= 0.3 is 0 Å². The fourth-order valence-corrected chi connectivity index (χ4v) is 6.76. The van der Waals surface area contributed by atoms with E-state index in [1.807, 2.05) is 18.2 Å². The molecule has 6 nitrogen and oxygen atoms in total. The maximum Gasteiger partial charge on any atom is 0.270 e. The maximum absolute atomic E-state index is 11.0. The molecule has 0 amide bonds. The van der Waals surface area contributed by atoms with Crippen LogP contribution in [0.3, 0.4) is 0 Å². The Morgan fingerprint density at radius 2 is 1.59 bits per heavy atom. The minimum Gasteiger partial charge on any atom is -0.507 e. The summed E-state index contributed by atoms with van der Waals surface area (Å²) in [6, 6.07) is 18.6. The van der Waals surface area contributed by atoms with Crippen molar-refractivity contribution in [2.45, 2.75) is 87.6 Å². The summed E-state index contributed by atoms with van der Waals surface area (Å²) in [4.78, 5) is 19.7. The zero-order valence-electron chi connectivity index (χ0n) is 23.8. The number of nitrogens with zero attached hydrogens (tertiary/aromatic N) is 3. The average Bonchev–Trinajstić information content (AvgIpc) is 3.39. The number of thioether (sulfide) groups is 1. The van der Waals surface area contributed by atoms with Gasteiger partial charge in [0.1, 0.15) is 5.75 Å². The average molecular weight is 590 g/mol. The lowest BCUT2D eigenvalue weighted by atomic mass is 10.0. The van der Waals surface area contributed by atoms with Gasteiger partial charge in [0.25, 0.3) is 5.69 Å². The van der Waals surface area contributed by atoms with Crippen molar-refractivity contribution in [1.29, 1.82) is 0 Å². The molecule has 0 atom stereocenters. The number of non-ortho nitro benzene ring substituents is 1. The number of thiazole rings is 1. The summed E-state index contributed by atoms with van der Waals surface area (Å²) in [6.45, 7) is 2.27. The van der Waals surface area contributed by atoms with Gasteiger partial charge in [0.05, 0.1) is 20.8 Å². The fourth-order valence-electron chi connectivity index (χ4n) is 4.70. The molecule has 0 fully saturated rings. The normalized spacial score (nSPS) is 11.5. The third-order valence-corrected chi connectivity index (χ3v) is 9.36. The van der Waals surface area contributed by atoms with E-state index in [4.69, 9.17) is 4.98 Å². The summed E-state index contributed by atoms with van der Waals surface area (Å²) in [5.41, 5.74) is 4.54. The SMILES string of the molecule is CCCCCCCCCCCCc1ccc(CSc2nc3ccc(N=Cc4cc([N+](=O)[O-])ccc4O)cc3s2)cc1. The van der Waals surface area contributed by atoms with Crippen LogP contribution < -0.4 is 0 Å². The quantitative estimate of drug-likeness (QED) is 0.0435. The van der Waals surface area contributed by atoms with E-state index in [1.54, 1.807) is 23.1 Å². The molecule has 4 rings (SSSR count). The van der Waals surface area contributed by atoms with E-state index in [1.165, 1.54) is 99.7 Å². The number of hydrogen-bond donors (Lipinski definition) is 1. The molecule has 41 heavy (non-hydrogen) atoms. The molecule has 8 heteroatoms. The monoisotopic (exact) mass is 589 g/mol. The number of rotatable bonds is 17. The first kappa shape index (κ1) is 30.7. The second-order valence-electron chi connectivity index (χ2n) is 10.4. The molecule has 0 saturated carbocycles. The highest BCUT2D eigenvalue weighted by atomic mass is 32.2. The van der Waals surface area contributed by atoms with Gasteiger partial charge in [-0.2, -0.15) is 0 Å². The second-order valence-corrected chi connectivity index (χ2v) is 12.7. The smallest absolute Gasteiger partial charge is 0.270 e. The minimum absolute atomic E-state index is 0.0521. The molecule has 0 radical (unpaired) electrons. The van der Waals surface area contributed by atoms with Gasteiger partial charge in [0.2, 0.25) is 0 Å². The standard InChI is InChI=1S/C33H39N3O3S2/c1-2-3-4-5-6-7-8-9-10-11-12-25-13-15-26(16-14-25)24-40-33-35-30-19-17-28(22-32(30)41-33)34-23-27-21-29(36(38)39)18-20-31(27)37/h13-23,37H,2-12,24H2,1H3. The van der Waals surface area contributed by atoms with Crippen molar-refractivity contribution >= 4 is 50.9 Å². The number of benzene rings is 3. The number of hydrogen-bond acceptors (Lipinski definition) is 7. The largest absolute Gasteiger partial charge is 0.507 e. The molecule has 0 saturated heterocycles. The van der Waals surface area contributed by atoms with Crippen LogP contribution in [0.4, 0.5) is 11.4 Å². The zero-order chi connectivity index (χ0) is 28.9. The van der Waals surface area contributed by atoms with Crippen molar-refractivity contribution < 1.29 is 10.0 Å². The predicted octanol–water partition coefficient (Wildman–Crippen LogP) is 10.4. The Hall–Kier alpha value is -3.23. The first-order valence-electron chi connectivity index (χ1n) is 14.6. The van der Waals surface area contributed by atoms with Crippen molar-refractivity contribution in [3.05, 3.63) is 87.5 Å². The van der Waals surface area contributed by atoms with Crippen molar-refractivity contribution in [2.75, 3.05) is 0 Å². The number of aromatic nitrogens is 1. The van der Waals surface area contributed by atoms with Gasteiger partial charge in [-0.25, -0.2) is 4.98 Å². The van der Waals surface area contributed by atoms with Gasteiger partial charge in [-0.3, -0.25) is 15.1 Å². The third-order valence-electron chi connectivity index (χ3n) is 7.13. The molecule has 216 valence electrons. The summed E-state index contributed by atoms with van der Waals surface area (Å²) < 4.78 is 2.03. The van der Waals surface area contributed by atoms with Crippen LogP contribution in [0, 0.1) is 10.1 Å². The number of unbranched alkanes of at least 4 members (excludes halogenated alkanes) is 9.